The Morgan fingerprint density at radius 2 is 1.95 bits per heavy atom. The van der Waals surface area contributed by atoms with E-state index in [4.69, 9.17) is 10.5 Å². The fraction of sp³-hybridized carbons (Fsp3) is 0.846. The molecule has 2 fully saturated rings. The van der Waals surface area contributed by atoms with Crippen molar-refractivity contribution >= 4 is 35.8 Å². The van der Waals surface area contributed by atoms with Crippen LogP contribution in [0.3, 0.4) is 0 Å². The fourth-order valence-corrected chi connectivity index (χ4v) is 2.53. The third-order valence-electron chi connectivity index (χ3n) is 3.67. The maximum absolute atomic E-state index is 11.7. The summed E-state index contributed by atoms with van der Waals surface area (Å²) in [6.45, 7) is 3.41. The van der Waals surface area contributed by atoms with Crippen LogP contribution in [0, 0.1) is 0 Å². The molecule has 1 aliphatic heterocycles. The molecule has 116 valence electrons. The van der Waals surface area contributed by atoms with Gasteiger partial charge < -0.3 is 20.7 Å². The van der Waals surface area contributed by atoms with Crippen LogP contribution in [0.1, 0.15) is 32.1 Å². The smallest absolute Gasteiger partial charge is 0.222 e. The summed E-state index contributed by atoms with van der Waals surface area (Å²) in [7, 11) is 0. The van der Waals surface area contributed by atoms with Gasteiger partial charge in [-0.15, -0.1) is 24.0 Å². The van der Waals surface area contributed by atoms with Crippen molar-refractivity contribution < 1.29 is 9.53 Å². The molecular formula is C13H25IN4O2. The van der Waals surface area contributed by atoms with Gasteiger partial charge in [0.15, 0.2) is 5.96 Å². The third kappa shape index (κ3) is 5.82. The summed E-state index contributed by atoms with van der Waals surface area (Å²) in [4.78, 5) is 18.0. The van der Waals surface area contributed by atoms with Crippen molar-refractivity contribution in [3.8, 4) is 0 Å². The molecular weight excluding hydrogens is 371 g/mol. The zero-order chi connectivity index (χ0) is 13.5. The van der Waals surface area contributed by atoms with E-state index >= 15 is 0 Å². The molecule has 0 atom stereocenters. The van der Waals surface area contributed by atoms with Gasteiger partial charge >= 0.3 is 0 Å². The van der Waals surface area contributed by atoms with Crippen molar-refractivity contribution in [1.82, 2.24) is 10.2 Å². The van der Waals surface area contributed by atoms with Gasteiger partial charge in [0.1, 0.15) is 0 Å². The predicted molar refractivity (Wildman–Crippen MR) is 89.3 cm³/mol. The lowest BCUT2D eigenvalue weighted by Gasteiger charge is -2.27. The van der Waals surface area contributed by atoms with Gasteiger partial charge in [-0.1, -0.05) is 12.8 Å². The van der Waals surface area contributed by atoms with Crippen LogP contribution >= 0.6 is 24.0 Å². The number of nitrogens with two attached hydrogens (primary N) is 1. The van der Waals surface area contributed by atoms with Gasteiger partial charge in [0.05, 0.1) is 19.8 Å². The Morgan fingerprint density at radius 1 is 1.30 bits per heavy atom. The molecule has 1 amide bonds. The second kappa shape index (κ2) is 9.38. The van der Waals surface area contributed by atoms with E-state index in [-0.39, 0.29) is 29.9 Å². The number of ether oxygens (including phenoxy) is 1. The second-order valence-corrected chi connectivity index (χ2v) is 5.14. The van der Waals surface area contributed by atoms with Crippen molar-refractivity contribution in [1.29, 1.82) is 0 Å². The van der Waals surface area contributed by atoms with Crippen LogP contribution < -0.4 is 11.1 Å². The highest BCUT2D eigenvalue weighted by molar-refractivity contribution is 14.0. The number of carbonyl (C=O) groups excluding carboxylic acids is 1. The minimum absolute atomic E-state index is 0. The molecule has 2 rings (SSSR count). The molecule has 1 saturated heterocycles. The Balaban J connectivity index is 0.00000200. The van der Waals surface area contributed by atoms with Crippen LogP contribution in [0.5, 0.6) is 0 Å². The summed E-state index contributed by atoms with van der Waals surface area (Å²) >= 11 is 0. The molecule has 6 nitrogen and oxygen atoms in total. The number of morpholine rings is 1. The first-order valence-corrected chi connectivity index (χ1v) is 7.17. The van der Waals surface area contributed by atoms with Crippen LogP contribution in [0.4, 0.5) is 0 Å². The average molecular weight is 396 g/mol. The van der Waals surface area contributed by atoms with E-state index in [9.17, 15) is 4.79 Å². The SMILES string of the molecule is I.NC(=NCCC(=O)NC1CCCC1)N1CCOCC1. The van der Waals surface area contributed by atoms with Crippen LogP contribution in [0.25, 0.3) is 0 Å². The number of guanidine groups is 1. The molecule has 1 heterocycles. The molecule has 2 aliphatic rings. The molecule has 0 unspecified atom stereocenters. The van der Waals surface area contributed by atoms with Gasteiger partial charge in [-0.05, 0) is 12.8 Å². The average Bonchev–Trinajstić information content (AvgIpc) is 2.92. The van der Waals surface area contributed by atoms with Crippen LogP contribution in [0.2, 0.25) is 0 Å². The van der Waals surface area contributed by atoms with E-state index in [1.165, 1.54) is 12.8 Å². The van der Waals surface area contributed by atoms with E-state index < -0.39 is 0 Å². The summed E-state index contributed by atoms with van der Waals surface area (Å²) in [6, 6.07) is 0.382. The number of amides is 1. The summed E-state index contributed by atoms with van der Waals surface area (Å²) in [5.74, 6) is 0.613. The van der Waals surface area contributed by atoms with Gasteiger partial charge in [-0.25, -0.2) is 0 Å². The summed E-state index contributed by atoms with van der Waals surface area (Å²) in [5, 5.41) is 3.05. The largest absolute Gasteiger partial charge is 0.378 e. The zero-order valence-corrected chi connectivity index (χ0v) is 14.2. The van der Waals surface area contributed by atoms with E-state index in [0.717, 1.165) is 25.9 Å². The van der Waals surface area contributed by atoms with E-state index in [2.05, 4.69) is 10.3 Å². The Hall–Kier alpha value is -0.570. The molecule has 0 spiro atoms. The van der Waals surface area contributed by atoms with Crippen molar-refractivity contribution in [2.24, 2.45) is 10.7 Å². The second-order valence-electron chi connectivity index (χ2n) is 5.14. The number of aliphatic imine (C=N–C) groups is 1. The van der Waals surface area contributed by atoms with Gasteiger partial charge in [0.25, 0.3) is 0 Å². The predicted octanol–water partition coefficient (Wildman–Crippen LogP) is 0.700. The highest BCUT2D eigenvalue weighted by Crippen LogP contribution is 2.17. The van der Waals surface area contributed by atoms with E-state index in [1.54, 1.807) is 0 Å². The van der Waals surface area contributed by atoms with Gasteiger partial charge in [0, 0.05) is 25.6 Å². The fourth-order valence-electron chi connectivity index (χ4n) is 2.53. The normalized spacial score (nSPS) is 20.6. The molecule has 0 bridgehead atoms. The minimum atomic E-state index is 0. The molecule has 20 heavy (non-hydrogen) atoms. The first-order chi connectivity index (χ1) is 9.25. The quantitative estimate of drug-likeness (QED) is 0.417. The standard InChI is InChI=1S/C13H24N4O2.HI/c14-13(17-7-9-19-10-8-17)15-6-5-12(18)16-11-3-1-2-4-11;/h11H,1-10H2,(H2,14,15)(H,16,18);1H. The van der Waals surface area contributed by atoms with Crippen molar-refractivity contribution in [3.05, 3.63) is 0 Å². The number of nitrogens with one attached hydrogen (secondary N) is 1. The highest BCUT2D eigenvalue weighted by atomic mass is 127. The van der Waals surface area contributed by atoms with Crippen LogP contribution in [-0.2, 0) is 9.53 Å². The number of carbonyl (C=O) groups is 1. The maximum atomic E-state index is 11.7. The lowest BCUT2D eigenvalue weighted by atomic mass is 10.2. The molecule has 1 aliphatic carbocycles. The number of hydrogen-bond donors (Lipinski definition) is 2. The van der Waals surface area contributed by atoms with Crippen molar-refractivity contribution in [2.45, 2.75) is 38.1 Å². The van der Waals surface area contributed by atoms with Crippen molar-refractivity contribution in [2.75, 3.05) is 32.8 Å². The molecule has 3 N–H and O–H groups in total. The summed E-state index contributed by atoms with van der Waals surface area (Å²) < 4.78 is 5.25. The lowest BCUT2D eigenvalue weighted by molar-refractivity contribution is -0.121. The van der Waals surface area contributed by atoms with E-state index in [0.29, 0.717) is 38.2 Å². The number of rotatable bonds is 4. The Morgan fingerprint density at radius 3 is 2.60 bits per heavy atom. The molecule has 1 saturated carbocycles. The van der Waals surface area contributed by atoms with Crippen LogP contribution in [0.15, 0.2) is 4.99 Å². The molecule has 0 radical (unpaired) electrons. The first kappa shape index (κ1) is 17.5. The minimum Gasteiger partial charge on any atom is -0.378 e. The monoisotopic (exact) mass is 396 g/mol. The van der Waals surface area contributed by atoms with Crippen LogP contribution in [-0.4, -0.2) is 55.7 Å². The van der Waals surface area contributed by atoms with Gasteiger partial charge in [0.2, 0.25) is 5.91 Å². The summed E-state index contributed by atoms with van der Waals surface area (Å²) in [5.41, 5.74) is 5.89. The maximum Gasteiger partial charge on any atom is 0.222 e. The first-order valence-electron chi connectivity index (χ1n) is 7.17. The Kier molecular flexibility index (Phi) is 8.20. The van der Waals surface area contributed by atoms with Gasteiger partial charge in [-0.2, -0.15) is 0 Å². The number of halogens is 1. The number of nitrogens with zero attached hydrogens (tertiary/aromatic N) is 2. The van der Waals surface area contributed by atoms with Gasteiger partial charge in [-0.3, -0.25) is 9.79 Å². The lowest BCUT2D eigenvalue weighted by Crippen LogP contribution is -2.45. The molecule has 0 aromatic carbocycles. The molecule has 0 aromatic heterocycles. The topological polar surface area (TPSA) is 79.9 Å². The third-order valence-corrected chi connectivity index (χ3v) is 3.67. The Bertz CT molecular complexity index is 326. The van der Waals surface area contributed by atoms with E-state index in [1.807, 2.05) is 4.90 Å². The molecule has 0 aromatic rings. The van der Waals surface area contributed by atoms with Crippen molar-refractivity contribution in [3.63, 3.8) is 0 Å². The Labute approximate surface area is 137 Å². The highest BCUT2D eigenvalue weighted by Gasteiger charge is 2.17. The molecule has 7 heteroatoms. The zero-order valence-electron chi connectivity index (χ0n) is 11.8. The summed E-state index contributed by atoms with van der Waals surface area (Å²) in [6.07, 6.45) is 5.11. The number of hydrogen-bond acceptors (Lipinski definition) is 3.